The number of nitrogens with zero attached hydrogens (tertiary/aromatic N) is 1. The minimum Gasteiger partial charge on any atom is -0.444 e. The SMILES string of the molecule is C/C=C\C(=N/NCCNC(=O)OC(C)(C)C)c1ccccc1. The third-order valence-electron chi connectivity index (χ3n) is 2.50. The highest BCUT2D eigenvalue weighted by Crippen LogP contribution is 2.06. The van der Waals surface area contributed by atoms with Gasteiger partial charge in [0, 0.05) is 12.1 Å². The molecular formula is C17H25N3O2. The van der Waals surface area contributed by atoms with Crippen molar-refractivity contribution in [2.24, 2.45) is 5.10 Å². The fourth-order valence-electron chi connectivity index (χ4n) is 1.64. The van der Waals surface area contributed by atoms with Crippen LogP contribution in [0.5, 0.6) is 0 Å². The van der Waals surface area contributed by atoms with E-state index in [9.17, 15) is 4.79 Å². The van der Waals surface area contributed by atoms with Gasteiger partial charge in [-0.1, -0.05) is 36.4 Å². The third kappa shape index (κ3) is 7.47. The normalized spacial score (nSPS) is 12.3. The number of hydrazone groups is 1. The first-order chi connectivity index (χ1) is 10.4. The lowest BCUT2D eigenvalue weighted by atomic mass is 10.1. The molecule has 1 aromatic rings. The zero-order valence-corrected chi connectivity index (χ0v) is 13.7. The molecule has 5 nitrogen and oxygen atoms in total. The van der Waals surface area contributed by atoms with Gasteiger partial charge in [-0.25, -0.2) is 4.79 Å². The van der Waals surface area contributed by atoms with Crippen LogP contribution in [-0.2, 0) is 4.74 Å². The molecule has 0 unspecified atom stereocenters. The monoisotopic (exact) mass is 303 g/mol. The second kappa shape index (κ2) is 8.87. The quantitative estimate of drug-likeness (QED) is 0.482. The average Bonchev–Trinajstić information content (AvgIpc) is 2.45. The molecule has 0 spiro atoms. The van der Waals surface area contributed by atoms with E-state index in [-0.39, 0.29) is 0 Å². The summed E-state index contributed by atoms with van der Waals surface area (Å²) < 4.78 is 5.15. The van der Waals surface area contributed by atoms with Gasteiger partial charge >= 0.3 is 6.09 Å². The Morgan fingerprint density at radius 3 is 2.50 bits per heavy atom. The summed E-state index contributed by atoms with van der Waals surface area (Å²) in [5.74, 6) is 0. The third-order valence-corrected chi connectivity index (χ3v) is 2.50. The van der Waals surface area contributed by atoms with Crippen molar-refractivity contribution >= 4 is 11.8 Å². The van der Waals surface area contributed by atoms with Gasteiger partial charge < -0.3 is 15.5 Å². The maximum Gasteiger partial charge on any atom is 0.407 e. The lowest BCUT2D eigenvalue weighted by molar-refractivity contribution is 0.0528. The summed E-state index contributed by atoms with van der Waals surface area (Å²) in [7, 11) is 0. The van der Waals surface area contributed by atoms with Crippen LogP contribution in [0.25, 0.3) is 0 Å². The van der Waals surface area contributed by atoms with Gasteiger partial charge in [0.1, 0.15) is 5.60 Å². The molecule has 0 aliphatic carbocycles. The number of rotatable bonds is 6. The van der Waals surface area contributed by atoms with E-state index in [1.807, 2.05) is 70.2 Å². The maximum atomic E-state index is 11.5. The molecular weight excluding hydrogens is 278 g/mol. The van der Waals surface area contributed by atoms with Crippen molar-refractivity contribution in [3.8, 4) is 0 Å². The van der Waals surface area contributed by atoms with Crippen LogP contribution in [-0.4, -0.2) is 30.5 Å². The minimum atomic E-state index is -0.484. The molecule has 0 bridgehead atoms. The Hall–Kier alpha value is -2.30. The fourth-order valence-corrected chi connectivity index (χ4v) is 1.64. The molecule has 0 radical (unpaired) electrons. The van der Waals surface area contributed by atoms with Crippen LogP contribution >= 0.6 is 0 Å². The van der Waals surface area contributed by atoms with E-state index in [2.05, 4.69) is 15.8 Å². The van der Waals surface area contributed by atoms with Crippen LogP contribution in [0, 0.1) is 0 Å². The highest BCUT2D eigenvalue weighted by atomic mass is 16.6. The Morgan fingerprint density at radius 2 is 1.91 bits per heavy atom. The van der Waals surface area contributed by atoms with Gasteiger partial charge in [0.05, 0.1) is 12.3 Å². The van der Waals surface area contributed by atoms with Gasteiger partial charge in [-0.05, 0) is 33.8 Å². The van der Waals surface area contributed by atoms with Crippen molar-refractivity contribution in [1.29, 1.82) is 0 Å². The number of allylic oxidation sites excluding steroid dienone is 2. The molecule has 1 rings (SSSR count). The standard InChI is InChI=1S/C17H25N3O2/c1-5-9-15(14-10-7-6-8-11-14)20-19-13-12-18-16(21)22-17(2,3)4/h5-11,19H,12-13H2,1-4H3,(H,18,21)/b9-5-,20-15+. The van der Waals surface area contributed by atoms with Gasteiger partial charge in [-0.3, -0.25) is 0 Å². The number of hydrogen-bond donors (Lipinski definition) is 2. The molecule has 120 valence electrons. The number of carbonyl (C=O) groups is 1. The fraction of sp³-hybridized carbons (Fsp3) is 0.412. The lowest BCUT2D eigenvalue weighted by Gasteiger charge is -2.19. The van der Waals surface area contributed by atoms with E-state index in [4.69, 9.17) is 4.74 Å². The molecule has 1 aromatic carbocycles. The first kappa shape index (κ1) is 17.8. The molecule has 22 heavy (non-hydrogen) atoms. The van der Waals surface area contributed by atoms with Crippen LogP contribution in [0.15, 0.2) is 47.6 Å². The Morgan fingerprint density at radius 1 is 1.23 bits per heavy atom. The molecule has 1 amide bonds. The summed E-state index contributed by atoms with van der Waals surface area (Å²) in [5.41, 5.74) is 4.35. The molecule has 0 aliphatic heterocycles. The average molecular weight is 303 g/mol. The van der Waals surface area contributed by atoms with Gasteiger partial charge in [0.2, 0.25) is 0 Å². The number of hydrogen-bond acceptors (Lipinski definition) is 4. The molecule has 0 saturated heterocycles. The molecule has 0 aromatic heterocycles. The van der Waals surface area contributed by atoms with Gasteiger partial charge in [-0.15, -0.1) is 0 Å². The number of benzene rings is 1. The Balaban J connectivity index is 2.41. The summed E-state index contributed by atoms with van der Waals surface area (Å²) >= 11 is 0. The van der Waals surface area contributed by atoms with E-state index >= 15 is 0 Å². The van der Waals surface area contributed by atoms with Crippen molar-refractivity contribution < 1.29 is 9.53 Å². The first-order valence-corrected chi connectivity index (χ1v) is 7.38. The van der Waals surface area contributed by atoms with E-state index in [1.54, 1.807) is 0 Å². The van der Waals surface area contributed by atoms with E-state index < -0.39 is 11.7 Å². The van der Waals surface area contributed by atoms with Gasteiger partial charge in [-0.2, -0.15) is 5.10 Å². The van der Waals surface area contributed by atoms with E-state index in [0.29, 0.717) is 13.1 Å². The summed E-state index contributed by atoms with van der Waals surface area (Å²) in [5, 5.41) is 7.02. The number of amides is 1. The molecule has 5 heteroatoms. The summed E-state index contributed by atoms with van der Waals surface area (Å²) in [4.78, 5) is 11.5. The van der Waals surface area contributed by atoms with Crippen LogP contribution < -0.4 is 10.7 Å². The summed E-state index contributed by atoms with van der Waals surface area (Å²) in [6.07, 6.45) is 3.45. The van der Waals surface area contributed by atoms with Crippen molar-refractivity contribution in [2.45, 2.75) is 33.3 Å². The zero-order valence-electron chi connectivity index (χ0n) is 13.7. The molecule has 0 atom stereocenters. The predicted molar refractivity (Wildman–Crippen MR) is 90.0 cm³/mol. The molecule has 0 heterocycles. The Kier molecular flexibility index (Phi) is 7.16. The number of alkyl carbamates (subject to hydrolysis) is 1. The Bertz CT molecular complexity index is 516. The Labute approximate surface area is 132 Å². The van der Waals surface area contributed by atoms with Crippen molar-refractivity contribution in [2.75, 3.05) is 13.1 Å². The molecule has 0 saturated carbocycles. The zero-order chi connectivity index (χ0) is 16.4. The maximum absolute atomic E-state index is 11.5. The summed E-state index contributed by atoms with van der Waals surface area (Å²) in [6.45, 7) is 8.40. The topological polar surface area (TPSA) is 62.7 Å². The highest BCUT2D eigenvalue weighted by molar-refractivity contribution is 6.08. The second-order valence-corrected chi connectivity index (χ2v) is 5.70. The number of nitrogens with one attached hydrogen (secondary N) is 2. The summed E-state index contributed by atoms with van der Waals surface area (Å²) in [6, 6.07) is 9.91. The molecule has 0 aliphatic rings. The largest absolute Gasteiger partial charge is 0.444 e. The smallest absolute Gasteiger partial charge is 0.407 e. The van der Waals surface area contributed by atoms with E-state index in [1.165, 1.54) is 0 Å². The van der Waals surface area contributed by atoms with Crippen molar-refractivity contribution in [3.63, 3.8) is 0 Å². The minimum absolute atomic E-state index is 0.421. The van der Waals surface area contributed by atoms with Gasteiger partial charge in [0.25, 0.3) is 0 Å². The number of ether oxygens (including phenoxy) is 1. The second-order valence-electron chi connectivity index (χ2n) is 5.70. The predicted octanol–water partition coefficient (Wildman–Crippen LogP) is 3.08. The van der Waals surface area contributed by atoms with Crippen LogP contribution in [0.1, 0.15) is 33.3 Å². The van der Waals surface area contributed by atoms with Crippen molar-refractivity contribution in [1.82, 2.24) is 10.7 Å². The molecule has 2 N–H and O–H groups in total. The first-order valence-electron chi connectivity index (χ1n) is 7.38. The van der Waals surface area contributed by atoms with Crippen LogP contribution in [0.2, 0.25) is 0 Å². The van der Waals surface area contributed by atoms with Gasteiger partial charge in [0.15, 0.2) is 0 Å². The van der Waals surface area contributed by atoms with Crippen LogP contribution in [0.3, 0.4) is 0 Å². The highest BCUT2D eigenvalue weighted by Gasteiger charge is 2.15. The lowest BCUT2D eigenvalue weighted by Crippen LogP contribution is -2.35. The van der Waals surface area contributed by atoms with E-state index in [0.717, 1.165) is 11.3 Å². The number of carbonyl (C=O) groups excluding carboxylic acids is 1. The van der Waals surface area contributed by atoms with Crippen LogP contribution in [0.4, 0.5) is 4.79 Å². The van der Waals surface area contributed by atoms with Crippen molar-refractivity contribution in [3.05, 3.63) is 48.0 Å². The molecule has 0 fully saturated rings.